The number of hydrogen-bond acceptors (Lipinski definition) is 4. The third kappa shape index (κ3) is 3.44. The molecule has 18 heavy (non-hydrogen) atoms. The minimum Gasteiger partial charge on any atom is -0.390 e. The minimum atomic E-state index is -0.194. The first kappa shape index (κ1) is 12.9. The molecule has 3 fully saturated rings. The molecule has 0 aromatic rings. The summed E-state index contributed by atoms with van der Waals surface area (Å²) in [4.78, 5) is 5.11. The van der Waals surface area contributed by atoms with Crippen molar-refractivity contribution >= 4 is 0 Å². The second-order valence-electron chi connectivity index (χ2n) is 6.28. The summed E-state index contributed by atoms with van der Waals surface area (Å²) >= 11 is 0. The first-order valence-electron chi connectivity index (χ1n) is 7.69. The standard InChI is InChI=1S/C14H27N3O/c18-14(9-15-12-4-5-12)11-16-7-8-17-6-2-1-3-13(17)10-16/h12-15,18H,1-11H2. The number of fused-ring (bicyclic) bond motifs is 1. The van der Waals surface area contributed by atoms with Crippen molar-refractivity contribution in [3.05, 3.63) is 0 Å². The van der Waals surface area contributed by atoms with Crippen LogP contribution in [0.1, 0.15) is 32.1 Å². The Labute approximate surface area is 110 Å². The molecule has 0 bridgehead atoms. The van der Waals surface area contributed by atoms with Crippen molar-refractivity contribution in [2.24, 2.45) is 0 Å². The zero-order chi connectivity index (χ0) is 12.4. The maximum absolute atomic E-state index is 10.1. The first-order valence-corrected chi connectivity index (χ1v) is 7.69. The number of rotatable bonds is 5. The molecule has 2 N–H and O–H groups in total. The molecule has 3 rings (SSSR count). The van der Waals surface area contributed by atoms with Crippen LogP contribution in [0.25, 0.3) is 0 Å². The number of aliphatic hydroxyl groups is 1. The predicted octanol–water partition coefficient (Wildman–Crippen LogP) is 0.269. The van der Waals surface area contributed by atoms with Gasteiger partial charge in [0.1, 0.15) is 0 Å². The summed E-state index contributed by atoms with van der Waals surface area (Å²) in [5.41, 5.74) is 0. The van der Waals surface area contributed by atoms with Gasteiger partial charge in [0.25, 0.3) is 0 Å². The van der Waals surface area contributed by atoms with Gasteiger partial charge in [-0.25, -0.2) is 0 Å². The van der Waals surface area contributed by atoms with Gasteiger partial charge in [0.15, 0.2) is 0 Å². The molecule has 4 nitrogen and oxygen atoms in total. The third-order valence-electron chi connectivity index (χ3n) is 4.61. The number of nitrogens with zero attached hydrogens (tertiary/aromatic N) is 2. The van der Waals surface area contributed by atoms with Gasteiger partial charge in [-0.1, -0.05) is 6.42 Å². The lowest BCUT2D eigenvalue weighted by atomic mass is 9.99. The van der Waals surface area contributed by atoms with Crippen molar-refractivity contribution in [1.29, 1.82) is 0 Å². The number of nitrogens with one attached hydrogen (secondary N) is 1. The average molecular weight is 253 g/mol. The van der Waals surface area contributed by atoms with E-state index >= 15 is 0 Å². The van der Waals surface area contributed by atoms with Crippen molar-refractivity contribution in [2.75, 3.05) is 39.3 Å². The van der Waals surface area contributed by atoms with Crippen molar-refractivity contribution in [3.63, 3.8) is 0 Å². The summed E-state index contributed by atoms with van der Waals surface area (Å²) in [6, 6.07) is 1.46. The van der Waals surface area contributed by atoms with Crippen LogP contribution in [-0.4, -0.2) is 72.4 Å². The first-order chi connectivity index (χ1) is 8.81. The van der Waals surface area contributed by atoms with Gasteiger partial charge in [0.2, 0.25) is 0 Å². The molecule has 3 aliphatic rings. The fourth-order valence-electron chi connectivity index (χ4n) is 3.34. The number of β-amino-alcohol motifs (C(OH)–C–C–N with tert-alkyl or cyclic N) is 1. The quantitative estimate of drug-likeness (QED) is 0.738. The van der Waals surface area contributed by atoms with Crippen LogP contribution >= 0.6 is 0 Å². The number of piperazine rings is 1. The highest BCUT2D eigenvalue weighted by atomic mass is 16.3. The Morgan fingerprint density at radius 1 is 1.11 bits per heavy atom. The molecule has 2 atom stereocenters. The molecule has 2 unspecified atom stereocenters. The van der Waals surface area contributed by atoms with Crippen LogP contribution in [-0.2, 0) is 0 Å². The van der Waals surface area contributed by atoms with Crippen molar-refractivity contribution in [3.8, 4) is 0 Å². The van der Waals surface area contributed by atoms with E-state index in [-0.39, 0.29) is 6.10 Å². The van der Waals surface area contributed by atoms with Gasteiger partial charge in [-0.15, -0.1) is 0 Å². The van der Waals surface area contributed by atoms with Gasteiger partial charge in [0, 0.05) is 44.8 Å². The van der Waals surface area contributed by atoms with Crippen LogP contribution in [0.2, 0.25) is 0 Å². The summed E-state index contributed by atoms with van der Waals surface area (Å²) in [5, 5.41) is 13.5. The molecule has 1 saturated carbocycles. The Morgan fingerprint density at radius 2 is 2.00 bits per heavy atom. The highest BCUT2D eigenvalue weighted by Gasteiger charge is 2.29. The molecular weight excluding hydrogens is 226 g/mol. The number of piperidine rings is 1. The molecule has 104 valence electrons. The molecule has 2 heterocycles. The van der Waals surface area contributed by atoms with Crippen LogP contribution in [0.5, 0.6) is 0 Å². The fraction of sp³-hybridized carbons (Fsp3) is 1.00. The molecule has 0 amide bonds. The molecular formula is C14H27N3O. The topological polar surface area (TPSA) is 38.7 Å². The maximum Gasteiger partial charge on any atom is 0.0791 e. The van der Waals surface area contributed by atoms with Gasteiger partial charge >= 0.3 is 0 Å². The lowest BCUT2D eigenvalue weighted by Gasteiger charge is -2.44. The van der Waals surface area contributed by atoms with Crippen LogP contribution in [0, 0.1) is 0 Å². The van der Waals surface area contributed by atoms with E-state index in [1.54, 1.807) is 0 Å². The number of aliphatic hydroxyl groups excluding tert-OH is 1. The van der Waals surface area contributed by atoms with E-state index in [2.05, 4.69) is 15.1 Å². The molecule has 4 heteroatoms. The van der Waals surface area contributed by atoms with E-state index in [1.807, 2.05) is 0 Å². The van der Waals surface area contributed by atoms with E-state index in [0.29, 0.717) is 6.04 Å². The SMILES string of the molecule is OC(CNC1CC1)CN1CCN2CCCCC2C1. The Bertz CT molecular complexity index is 270. The summed E-state index contributed by atoms with van der Waals surface area (Å²) in [5.74, 6) is 0. The zero-order valence-corrected chi connectivity index (χ0v) is 11.4. The van der Waals surface area contributed by atoms with Crippen molar-refractivity contribution < 1.29 is 5.11 Å². The minimum absolute atomic E-state index is 0.194. The molecule has 1 aliphatic carbocycles. The smallest absolute Gasteiger partial charge is 0.0791 e. The maximum atomic E-state index is 10.1. The van der Waals surface area contributed by atoms with Gasteiger partial charge in [-0.3, -0.25) is 9.80 Å². The van der Waals surface area contributed by atoms with E-state index in [0.717, 1.165) is 25.7 Å². The van der Waals surface area contributed by atoms with E-state index < -0.39 is 0 Å². The second-order valence-corrected chi connectivity index (χ2v) is 6.28. The van der Waals surface area contributed by atoms with Crippen LogP contribution < -0.4 is 5.32 Å². The fourth-order valence-corrected chi connectivity index (χ4v) is 3.34. The average Bonchev–Trinajstić information content (AvgIpc) is 3.20. The largest absolute Gasteiger partial charge is 0.390 e. The lowest BCUT2D eigenvalue weighted by molar-refractivity contribution is 0.0239. The summed E-state index contributed by atoms with van der Waals surface area (Å²) in [6.45, 7) is 6.43. The molecule has 0 aromatic carbocycles. The molecule has 0 spiro atoms. The van der Waals surface area contributed by atoms with Crippen LogP contribution in [0.3, 0.4) is 0 Å². The highest BCUT2D eigenvalue weighted by Crippen LogP contribution is 2.21. The van der Waals surface area contributed by atoms with Crippen LogP contribution in [0.4, 0.5) is 0 Å². The van der Waals surface area contributed by atoms with Gasteiger partial charge in [0.05, 0.1) is 6.10 Å². The number of hydrogen-bond donors (Lipinski definition) is 2. The third-order valence-corrected chi connectivity index (χ3v) is 4.61. The Hall–Kier alpha value is -0.160. The van der Waals surface area contributed by atoms with Gasteiger partial charge < -0.3 is 10.4 Å². The monoisotopic (exact) mass is 253 g/mol. The van der Waals surface area contributed by atoms with E-state index in [1.165, 1.54) is 51.7 Å². The highest BCUT2D eigenvalue weighted by molar-refractivity contribution is 4.87. The van der Waals surface area contributed by atoms with Crippen LogP contribution in [0.15, 0.2) is 0 Å². The second kappa shape index (κ2) is 5.87. The van der Waals surface area contributed by atoms with Gasteiger partial charge in [-0.05, 0) is 32.2 Å². The lowest BCUT2D eigenvalue weighted by Crippen LogP contribution is -2.56. The summed E-state index contributed by atoms with van der Waals surface area (Å²) in [6.07, 6.45) is 6.53. The van der Waals surface area contributed by atoms with Crippen molar-refractivity contribution in [2.45, 2.75) is 50.3 Å². The Kier molecular flexibility index (Phi) is 4.19. The van der Waals surface area contributed by atoms with Crippen molar-refractivity contribution in [1.82, 2.24) is 15.1 Å². The Morgan fingerprint density at radius 3 is 2.83 bits per heavy atom. The van der Waals surface area contributed by atoms with Gasteiger partial charge in [-0.2, -0.15) is 0 Å². The summed E-state index contributed by atoms with van der Waals surface area (Å²) < 4.78 is 0. The molecule has 2 aliphatic heterocycles. The summed E-state index contributed by atoms with van der Waals surface area (Å²) in [7, 11) is 0. The molecule has 0 radical (unpaired) electrons. The Balaban J connectivity index is 1.39. The molecule has 2 saturated heterocycles. The zero-order valence-electron chi connectivity index (χ0n) is 11.4. The molecule has 0 aromatic heterocycles. The normalized spacial score (nSPS) is 32.2. The van der Waals surface area contributed by atoms with E-state index in [4.69, 9.17) is 0 Å². The predicted molar refractivity (Wildman–Crippen MR) is 72.7 cm³/mol. The van der Waals surface area contributed by atoms with E-state index in [9.17, 15) is 5.11 Å².